The topological polar surface area (TPSA) is 74.8 Å². The molecule has 0 spiro atoms. The van der Waals surface area contributed by atoms with E-state index in [-0.39, 0.29) is 11.8 Å². The van der Waals surface area contributed by atoms with Crippen molar-refractivity contribution in [2.45, 2.75) is 130 Å². The number of unbranched alkanes of at least 4 members (excludes halogenated alkanes) is 8. The van der Waals surface area contributed by atoms with Crippen molar-refractivity contribution in [3.63, 3.8) is 0 Å². The van der Waals surface area contributed by atoms with Gasteiger partial charge in [-0.05, 0) is 101 Å². The molecule has 0 fully saturated rings. The normalized spacial score (nSPS) is 15.7. The second kappa shape index (κ2) is 18.4. The molecular formula is C38H50Br4N2O4. The van der Waals surface area contributed by atoms with Gasteiger partial charge in [0.15, 0.2) is 0 Å². The molecule has 264 valence electrons. The number of amides is 4. The lowest BCUT2D eigenvalue weighted by atomic mass is 9.84. The van der Waals surface area contributed by atoms with Crippen LogP contribution in [0.1, 0.15) is 172 Å². The Labute approximate surface area is 320 Å². The van der Waals surface area contributed by atoms with Gasteiger partial charge in [-0.15, -0.1) is 0 Å². The van der Waals surface area contributed by atoms with Gasteiger partial charge in [-0.2, -0.15) is 0 Å². The Kier molecular flexibility index (Phi) is 15.2. The summed E-state index contributed by atoms with van der Waals surface area (Å²) in [5.41, 5.74) is 1.26. The first kappa shape index (κ1) is 39.7. The van der Waals surface area contributed by atoms with E-state index in [1.54, 1.807) is 0 Å². The van der Waals surface area contributed by atoms with Crippen LogP contribution < -0.4 is 0 Å². The van der Waals surface area contributed by atoms with Crippen molar-refractivity contribution in [2.75, 3.05) is 13.1 Å². The Bertz CT molecular complexity index is 1350. The zero-order valence-corrected chi connectivity index (χ0v) is 35.3. The Balaban J connectivity index is 1.79. The molecule has 2 aliphatic rings. The molecule has 0 bridgehead atoms. The minimum atomic E-state index is -0.393. The molecule has 0 N–H and O–H groups in total. The van der Waals surface area contributed by atoms with E-state index in [4.69, 9.17) is 0 Å². The Morgan fingerprint density at radius 3 is 0.958 bits per heavy atom. The highest BCUT2D eigenvalue weighted by molar-refractivity contribution is 9.13. The summed E-state index contributed by atoms with van der Waals surface area (Å²) in [6, 6.07) is 0. The van der Waals surface area contributed by atoms with Crippen molar-refractivity contribution in [1.29, 1.82) is 0 Å². The summed E-state index contributed by atoms with van der Waals surface area (Å²) in [4.78, 5) is 60.2. The van der Waals surface area contributed by atoms with Crippen molar-refractivity contribution in [3.8, 4) is 0 Å². The van der Waals surface area contributed by atoms with E-state index in [0.717, 1.165) is 89.9 Å². The number of carbonyl (C=O) groups is 4. The number of rotatable bonds is 20. The fourth-order valence-corrected chi connectivity index (χ4v) is 9.63. The second-order valence-electron chi connectivity index (χ2n) is 13.7. The average Bonchev–Trinajstić information content (AvgIpc) is 3.06. The molecule has 0 radical (unpaired) electrons. The van der Waals surface area contributed by atoms with Crippen LogP contribution in [0.5, 0.6) is 0 Å². The maximum Gasteiger partial charge on any atom is 0.262 e. The minimum Gasteiger partial charge on any atom is -0.274 e. The summed E-state index contributed by atoms with van der Waals surface area (Å²) >= 11 is 14.7. The van der Waals surface area contributed by atoms with Gasteiger partial charge >= 0.3 is 0 Å². The fourth-order valence-electron chi connectivity index (χ4n) is 7.36. The van der Waals surface area contributed by atoms with Gasteiger partial charge in [0.1, 0.15) is 0 Å². The van der Waals surface area contributed by atoms with Crippen LogP contribution in [0.25, 0.3) is 10.8 Å². The van der Waals surface area contributed by atoms with Gasteiger partial charge in [-0.3, -0.25) is 29.0 Å². The predicted molar refractivity (Wildman–Crippen MR) is 209 cm³/mol. The first-order valence-electron chi connectivity index (χ1n) is 18.1. The fraction of sp³-hybridized carbons (Fsp3) is 0.632. The van der Waals surface area contributed by atoms with Crippen LogP contribution in [0.4, 0.5) is 0 Å². The highest BCUT2D eigenvalue weighted by atomic mass is 79.9. The zero-order chi connectivity index (χ0) is 35.1. The minimum absolute atomic E-state index is 0.202. The number of nitrogens with zero attached hydrogens (tertiary/aromatic N) is 2. The van der Waals surface area contributed by atoms with Gasteiger partial charge in [-0.25, -0.2) is 0 Å². The maximum atomic E-state index is 14.4. The predicted octanol–water partition coefficient (Wildman–Crippen LogP) is 12.6. The number of halogens is 4. The van der Waals surface area contributed by atoms with Gasteiger partial charge < -0.3 is 0 Å². The number of imide groups is 2. The first-order chi connectivity index (χ1) is 23.0. The van der Waals surface area contributed by atoms with Crippen molar-refractivity contribution < 1.29 is 19.2 Å². The van der Waals surface area contributed by atoms with E-state index in [1.165, 1.54) is 22.6 Å². The molecule has 0 aliphatic carbocycles. The van der Waals surface area contributed by atoms with Crippen LogP contribution in [0.2, 0.25) is 0 Å². The Morgan fingerprint density at radius 2 is 0.688 bits per heavy atom. The van der Waals surface area contributed by atoms with Crippen LogP contribution in [0.3, 0.4) is 0 Å². The van der Waals surface area contributed by atoms with E-state index >= 15 is 0 Å². The van der Waals surface area contributed by atoms with Crippen LogP contribution >= 0.6 is 63.7 Å². The molecule has 0 saturated carbocycles. The summed E-state index contributed by atoms with van der Waals surface area (Å²) in [5, 5.41) is 0.737. The molecule has 4 amide bonds. The summed E-state index contributed by atoms with van der Waals surface area (Å²) in [5.74, 6) is -1.17. The number of carbonyl (C=O) groups excluding carboxylic acids is 4. The third-order valence-corrected chi connectivity index (χ3v) is 14.3. The van der Waals surface area contributed by atoms with Gasteiger partial charge in [0.05, 0.1) is 22.3 Å². The molecule has 2 atom stereocenters. The van der Waals surface area contributed by atoms with E-state index < -0.39 is 23.6 Å². The quantitative estimate of drug-likeness (QED) is 0.0979. The van der Waals surface area contributed by atoms with E-state index in [0.29, 0.717) is 64.0 Å². The molecule has 2 aromatic carbocycles. The highest BCUT2D eigenvalue weighted by Gasteiger charge is 2.45. The van der Waals surface area contributed by atoms with Crippen molar-refractivity contribution in [1.82, 2.24) is 9.80 Å². The molecule has 2 aromatic rings. The van der Waals surface area contributed by atoms with Gasteiger partial charge in [0, 0.05) is 41.8 Å². The van der Waals surface area contributed by atoms with Crippen LogP contribution in [0, 0.1) is 11.8 Å². The molecule has 6 nitrogen and oxygen atoms in total. The SMILES string of the molecule is CCCCCCC(CCCC)CN1C(=O)c2c(Br)c(Br)c3c4c(c(Br)c(Br)c(c24)C1=O)C(=O)N(CC(CCCC)CCCCCC)C3=O. The Hall–Kier alpha value is -1.10. The van der Waals surface area contributed by atoms with Gasteiger partial charge in [0.25, 0.3) is 23.6 Å². The molecule has 48 heavy (non-hydrogen) atoms. The molecule has 10 heteroatoms. The molecule has 0 saturated heterocycles. The highest BCUT2D eigenvalue weighted by Crippen LogP contribution is 2.50. The summed E-state index contributed by atoms with van der Waals surface area (Å²) in [7, 11) is 0. The van der Waals surface area contributed by atoms with E-state index in [9.17, 15) is 19.2 Å². The third-order valence-electron chi connectivity index (χ3n) is 10.1. The van der Waals surface area contributed by atoms with Gasteiger partial charge in [-0.1, -0.05) is 105 Å². The molecule has 2 aliphatic heterocycles. The number of hydrogen-bond acceptors (Lipinski definition) is 4. The summed E-state index contributed by atoms with van der Waals surface area (Å²) in [6.07, 6.45) is 17.1. The molecule has 0 aromatic heterocycles. The number of benzene rings is 2. The van der Waals surface area contributed by atoms with E-state index in [2.05, 4.69) is 91.4 Å². The standard InChI is InChI=1S/C38H50Br4N2O4/c1-5-9-13-15-19-23(17-11-7-3)21-43-35(45)27-25-26-29(33(41)31(27)39)37(47)44(22-24(18-12-8-4)20-16-14-10-6-2)38(48)30(26)34(42)32(40)28(25)36(43)46/h23-24H,5-22H2,1-4H3. The van der Waals surface area contributed by atoms with Crippen LogP contribution in [0.15, 0.2) is 17.9 Å². The van der Waals surface area contributed by atoms with Crippen molar-refractivity contribution >= 4 is 98.1 Å². The third kappa shape index (κ3) is 8.17. The maximum absolute atomic E-state index is 14.4. The van der Waals surface area contributed by atoms with Crippen molar-refractivity contribution in [3.05, 3.63) is 40.1 Å². The van der Waals surface area contributed by atoms with E-state index in [1.807, 2.05) is 0 Å². The number of hydrogen-bond donors (Lipinski definition) is 0. The molecular weight excluding hydrogens is 868 g/mol. The monoisotopic (exact) mass is 914 g/mol. The molecule has 4 rings (SSSR count). The lowest BCUT2D eigenvalue weighted by Crippen LogP contribution is -2.46. The van der Waals surface area contributed by atoms with Gasteiger partial charge in [0.2, 0.25) is 0 Å². The average molecular weight is 918 g/mol. The largest absolute Gasteiger partial charge is 0.274 e. The molecule has 2 heterocycles. The lowest BCUT2D eigenvalue weighted by Gasteiger charge is -2.36. The Morgan fingerprint density at radius 1 is 0.417 bits per heavy atom. The van der Waals surface area contributed by atoms with Crippen molar-refractivity contribution in [2.24, 2.45) is 11.8 Å². The molecule has 2 unspecified atom stereocenters. The second-order valence-corrected chi connectivity index (χ2v) is 16.8. The van der Waals surface area contributed by atoms with Crippen LogP contribution in [-0.4, -0.2) is 46.5 Å². The lowest BCUT2D eigenvalue weighted by molar-refractivity contribution is 0.0554. The smallest absolute Gasteiger partial charge is 0.262 e. The zero-order valence-electron chi connectivity index (χ0n) is 28.9. The first-order valence-corrected chi connectivity index (χ1v) is 21.3. The summed E-state index contributed by atoms with van der Waals surface area (Å²) < 4.78 is 1.75. The van der Waals surface area contributed by atoms with Crippen LogP contribution in [-0.2, 0) is 0 Å². The summed E-state index contributed by atoms with van der Waals surface area (Å²) in [6.45, 7) is 9.38.